The van der Waals surface area contributed by atoms with Crippen LogP contribution in [0.1, 0.15) is 17.2 Å². The van der Waals surface area contributed by atoms with Gasteiger partial charge in [0.05, 0.1) is 0 Å². The SMILES string of the molecule is OC(C#Cc1ccccc1)c1cccc(Br)c1. The zero-order valence-electron chi connectivity index (χ0n) is 9.10. The monoisotopic (exact) mass is 286 g/mol. The van der Waals surface area contributed by atoms with Crippen molar-refractivity contribution in [3.05, 3.63) is 70.2 Å². The Hall–Kier alpha value is -1.56. The first-order valence-electron chi connectivity index (χ1n) is 5.26. The zero-order chi connectivity index (χ0) is 12.1. The minimum absolute atomic E-state index is 0.757. The Balaban J connectivity index is 2.18. The summed E-state index contributed by atoms with van der Waals surface area (Å²) in [5.74, 6) is 5.77. The second kappa shape index (κ2) is 5.67. The van der Waals surface area contributed by atoms with Crippen molar-refractivity contribution >= 4 is 15.9 Å². The van der Waals surface area contributed by atoms with Crippen LogP contribution in [0.4, 0.5) is 0 Å². The van der Waals surface area contributed by atoms with Gasteiger partial charge in [0.25, 0.3) is 0 Å². The number of benzene rings is 2. The summed E-state index contributed by atoms with van der Waals surface area (Å²) in [5, 5.41) is 9.91. The molecule has 0 saturated heterocycles. The van der Waals surface area contributed by atoms with Gasteiger partial charge in [-0.3, -0.25) is 0 Å². The second-order valence-corrected chi connectivity index (χ2v) is 4.51. The van der Waals surface area contributed by atoms with Gasteiger partial charge in [-0.2, -0.15) is 0 Å². The first kappa shape index (κ1) is 11.9. The van der Waals surface area contributed by atoms with Gasteiger partial charge in [0, 0.05) is 10.0 Å². The fraction of sp³-hybridized carbons (Fsp3) is 0.0667. The minimum Gasteiger partial charge on any atom is -0.376 e. The standard InChI is InChI=1S/C15H11BrO/c16-14-8-4-7-13(11-14)15(17)10-9-12-5-2-1-3-6-12/h1-8,11,15,17H. The molecule has 0 radical (unpaired) electrons. The third-order valence-corrected chi connectivity index (χ3v) is 2.78. The third-order valence-electron chi connectivity index (χ3n) is 2.29. The Labute approximate surface area is 109 Å². The Bertz CT molecular complexity index is 552. The van der Waals surface area contributed by atoms with E-state index in [4.69, 9.17) is 0 Å². The number of halogens is 1. The summed E-state index contributed by atoms with van der Waals surface area (Å²) in [4.78, 5) is 0. The van der Waals surface area contributed by atoms with Gasteiger partial charge in [-0.1, -0.05) is 58.1 Å². The molecule has 1 nitrogen and oxygen atoms in total. The van der Waals surface area contributed by atoms with Crippen molar-refractivity contribution in [2.75, 3.05) is 0 Å². The molecule has 0 spiro atoms. The van der Waals surface area contributed by atoms with E-state index in [0.717, 1.165) is 15.6 Å². The molecular weight excluding hydrogens is 276 g/mol. The molecule has 2 aromatic carbocycles. The van der Waals surface area contributed by atoms with E-state index in [2.05, 4.69) is 27.8 Å². The largest absolute Gasteiger partial charge is 0.376 e. The number of hydrogen-bond donors (Lipinski definition) is 1. The molecule has 0 aliphatic carbocycles. The molecule has 0 fully saturated rings. The smallest absolute Gasteiger partial charge is 0.140 e. The van der Waals surface area contributed by atoms with E-state index >= 15 is 0 Å². The highest BCUT2D eigenvalue weighted by atomic mass is 79.9. The van der Waals surface area contributed by atoms with Crippen LogP contribution in [0.3, 0.4) is 0 Å². The van der Waals surface area contributed by atoms with Crippen molar-refractivity contribution in [1.82, 2.24) is 0 Å². The molecule has 0 aromatic heterocycles. The molecule has 2 aromatic rings. The van der Waals surface area contributed by atoms with Crippen molar-refractivity contribution in [2.45, 2.75) is 6.10 Å². The average molecular weight is 287 g/mol. The van der Waals surface area contributed by atoms with Crippen LogP contribution in [0.15, 0.2) is 59.1 Å². The van der Waals surface area contributed by atoms with Crippen LogP contribution in [0.2, 0.25) is 0 Å². The van der Waals surface area contributed by atoms with Gasteiger partial charge in [0.2, 0.25) is 0 Å². The van der Waals surface area contributed by atoms with Crippen LogP contribution in [0, 0.1) is 11.8 Å². The van der Waals surface area contributed by atoms with E-state index in [1.807, 2.05) is 54.6 Å². The van der Waals surface area contributed by atoms with Crippen LogP contribution >= 0.6 is 15.9 Å². The molecule has 1 N–H and O–H groups in total. The molecule has 0 bridgehead atoms. The lowest BCUT2D eigenvalue weighted by Crippen LogP contribution is -1.93. The summed E-state index contributed by atoms with van der Waals surface area (Å²) in [6, 6.07) is 17.1. The van der Waals surface area contributed by atoms with Crippen molar-refractivity contribution < 1.29 is 5.11 Å². The van der Waals surface area contributed by atoms with Gasteiger partial charge in [-0.05, 0) is 29.8 Å². The second-order valence-electron chi connectivity index (χ2n) is 3.59. The molecular formula is C15H11BrO. The van der Waals surface area contributed by atoms with Gasteiger partial charge in [-0.25, -0.2) is 0 Å². The Kier molecular flexibility index (Phi) is 3.98. The highest BCUT2D eigenvalue weighted by Crippen LogP contribution is 2.17. The van der Waals surface area contributed by atoms with E-state index in [0.29, 0.717) is 0 Å². The molecule has 0 amide bonds. The van der Waals surface area contributed by atoms with Crippen molar-refractivity contribution in [3.8, 4) is 11.8 Å². The normalized spacial score (nSPS) is 11.4. The maximum absolute atomic E-state index is 9.91. The van der Waals surface area contributed by atoms with E-state index in [-0.39, 0.29) is 0 Å². The quantitative estimate of drug-likeness (QED) is 0.795. The Morgan fingerprint density at radius 1 is 1.00 bits per heavy atom. The van der Waals surface area contributed by atoms with Crippen molar-refractivity contribution in [2.24, 2.45) is 0 Å². The van der Waals surface area contributed by atoms with Crippen LogP contribution in [-0.4, -0.2) is 5.11 Å². The summed E-state index contributed by atoms with van der Waals surface area (Å²) in [7, 11) is 0. The molecule has 0 aliphatic rings. The van der Waals surface area contributed by atoms with Crippen LogP contribution in [0.5, 0.6) is 0 Å². The first-order valence-corrected chi connectivity index (χ1v) is 6.05. The fourth-order valence-corrected chi connectivity index (χ4v) is 1.85. The molecule has 2 rings (SSSR count). The van der Waals surface area contributed by atoms with Gasteiger partial charge < -0.3 is 5.11 Å². The lowest BCUT2D eigenvalue weighted by Gasteiger charge is -2.03. The summed E-state index contributed by atoms with van der Waals surface area (Å²) >= 11 is 3.37. The van der Waals surface area contributed by atoms with Gasteiger partial charge in [0.15, 0.2) is 0 Å². The number of aliphatic hydroxyl groups is 1. The molecule has 0 saturated carbocycles. The summed E-state index contributed by atoms with van der Waals surface area (Å²) < 4.78 is 0.940. The highest BCUT2D eigenvalue weighted by molar-refractivity contribution is 9.10. The fourth-order valence-electron chi connectivity index (χ4n) is 1.43. The lowest BCUT2D eigenvalue weighted by molar-refractivity contribution is 0.238. The maximum Gasteiger partial charge on any atom is 0.140 e. The molecule has 0 heterocycles. The summed E-state index contributed by atoms with van der Waals surface area (Å²) in [6.45, 7) is 0. The van der Waals surface area contributed by atoms with Crippen LogP contribution in [0.25, 0.3) is 0 Å². The summed E-state index contributed by atoms with van der Waals surface area (Å²) in [5.41, 5.74) is 1.70. The minimum atomic E-state index is -0.757. The average Bonchev–Trinajstić information content (AvgIpc) is 2.37. The molecule has 2 heteroatoms. The molecule has 1 unspecified atom stereocenters. The van der Waals surface area contributed by atoms with Crippen LogP contribution in [-0.2, 0) is 0 Å². The Morgan fingerprint density at radius 3 is 2.47 bits per heavy atom. The zero-order valence-corrected chi connectivity index (χ0v) is 10.7. The molecule has 0 aliphatic heterocycles. The molecule has 17 heavy (non-hydrogen) atoms. The molecule has 84 valence electrons. The predicted molar refractivity (Wildman–Crippen MR) is 72.4 cm³/mol. The number of aliphatic hydroxyl groups excluding tert-OH is 1. The third kappa shape index (κ3) is 3.45. The first-order chi connectivity index (χ1) is 8.25. The van der Waals surface area contributed by atoms with Crippen molar-refractivity contribution in [3.63, 3.8) is 0 Å². The van der Waals surface area contributed by atoms with Gasteiger partial charge >= 0.3 is 0 Å². The van der Waals surface area contributed by atoms with E-state index in [9.17, 15) is 5.11 Å². The number of rotatable bonds is 1. The Morgan fingerprint density at radius 2 is 1.76 bits per heavy atom. The van der Waals surface area contributed by atoms with E-state index in [1.165, 1.54) is 0 Å². The predicted octanol–water partition coefficient (Wildman–Crippen LogP) is 3.53. The summed E-state index contributed by atoms with van der Waals surface area (Å²) in [6.07, 6.45) is -0.757. The van der Waals surface area contributed by atoms with Gasteiger partial charge in [-0.15, -0.1) is 0 Å². The lowest BCUT2D eigenvalue weighted by atomic mass is 10.1. The highest BCUT2D eigenvalue weighted by Gasteiger charge is 2.02. The maximum atomic E-state index is 9.91. The van der Waals surface area contributed by atoms with E-state index in [1.54, 1.807) is 0 Å². The van der Waals surface area contributed by atoms with Crippen molar-refractivity contribution in [1.29, 1.82) is 0 Å². The van der Waals surface area contributed by atoms with Gasteiger partial charge in [0.1, 0.15) is 6.10 Å². The molecule has 1 atom stereocenters. The topological polar surface area (TPSA) is 20.2 Å². The van der Waals surface area contributed by atoms with Crippen LogP contribution < -0.4 is 0 Å². The van der Waals surface area contributed by atoms with E-state index < -0.39 is 6.10 Å². The number of hydrogen-bond acceptors (Lipinski definition) is 1.